The Morgan fingerprint density at radius 1 is 0.239 bits per heavy atom. The van der Waals surface area contributed by atoms with E-state index < -0.39 is 102 Å². The molecule has 0 spiro atoms. The molecule has 0 amide bonds. The lowest BCUT2D eigenvalue weighted by atomic mass is 9.76. The van der Waals surface area contributed by atoms with Gasteiger partial charge < -0.3 is 47.6 Å². The van der Waals surface area contributed by atoms with Crippen molar-refractivity contribution in [1.82, 2.24) is 0 Å². The van der Waals surface area contributed by atoms with Crippen molar-refractivity contribution in [3.05, 3.63) is 0 Å². The minimum absolute atomic E-state index is 0.148. The van der Waals surface area contributed by atoms with E-state index in [1.54, 1.807) is 208 Å². The van der Waals surface area contributed by atoms with Crippen LogP contribution < -0.4 is 0 Å². The number of carbonyl (C=O) groups is 4. The molecular formula is C68H148O20P4. The Morgan fingerprint density at radius 3 is 0.478 bits per heavy atom. The molecule has 20 nitrogen and oxygen atoms in total. The highest BCUT2D eigenvalue weighted by molar-refractivity contribution is 7.61. The Hall–Kier alpha value is -1.52. The van der Waals surface area contributed by atoms with Crippen LogP contribution in [0.4, 0.5) is 4.79 Å². The molecule has 560 valence electrons. The summed E-state index contributed by atoms with van der Waals surface area (Å²) in [5, 5.41) is -2.43. The quantitative estimate of drug-likeness (QED) is 0.116. The molecule has 4 N–H and O–H groups in total. The van der Waals surface area contributed by atoms with E-state index in [4.69, 9.17) is 37.0 Å². The second-order valence-electron chi connectivity index (χ2n) is 38.6. The van der Waals surface area contributed by atoms with Crippen LogP contribution in [0.1, 0.15) is 332 Å². The van der Waals surface area contributed by atoms with Gasteiger partial charge >= 0.3 is 41.1 Å². The molecule has 0 aliphatic carbocycles. The standard InChI is InChI=1S/C9H18O3.2C9H18O2.C9H18O.C8H19O4P.2C8H19O3P.C8H19O2P/c1-8(2,3)11-7(10)12-9(4,5)6;2*1-8(2,3)7(10)11-9(4,5)6;1-8(2,3)7(10)9(4,5)6;1-7(2,3)11-13(9,10)12-8(4,5)6;2*1-7(2,3)11-12(9,10)8(4,5)6;1-7(2,3)11(9,10)8(4,5)6/h1-6H3;2*1-6H3;1-6H3;1-6H3,(H,9,10);2*1-6H3,(H,9,10);1-6H3,(H,9,10). The predicted molar refractivity (Wildman–Crippen MR) is 383 cm³/mol. The van der Waals surface area contributed by atoms with Crippen molar-refractivity contribution in [1.29, 1.82) is 0 Å². The van der Waals surface area contributed by atoms with E-state index in [1.165, 1.54) is 0 Å². The monoisotopic (exact) mass is 1410 g/mol. The molecule has 0 aliphatic rings. The second-order valence-corrected chi connectivity index (χ2v) is 48.9. The fraction of sp³-hybridized carbons (Fsp3) is 0.941. The third kappa shape index (κ3) is 64.5. The molecule has 0 rings (SSSR count). The maximum Gasteiger partial charge on any atom is 0.509 e. The SMILES string of the molecule is CC(C)(C)C(=O)C(C)(C)C.CC(C)(C)OC(=O)C(C)(C)C.CC(C)(C)OC(=O)C(C)(C)C.CC(C)(C)OC(=O)OC(C)(C)C.CC(C)(C)OP(=O)(O)C(C)(C)C.CC(C)(C)OP(=O)(O)C(C)(C)C.CC(C)(C)OP(=O)(O)OC(C)(C)C.CC(C)(C)P(=O)(O)C(C)(C)C. The van der Waals surface area contributed by atoms with Crippen LogP contribution in [-0.4, -0.2) is 109 Å². The molecule has 0 aromatic rings. The zero-order valence-corrected chi connectivity index (χ0v) is 71.7. The minimum Gasteiger partial charge on any atom is -0.460 e. The van der Waals surface area contributed by atoms with Crippen molar-refractivity contribution in [2.24, 2.45) is 21.7 Å². The van der Waals surface area contributed by atoms with E-state index in [0.717, 1.165) is 0 Å². The van der Waals surface area contributed by atoms with Gasteiger partial charge in [-0.05, 0) is 249 Å². The third-order valence-corrected chi connectivity index (χ3v) is 19.4. The first-order chi connectivity index (χ1) is 38.3. The van der Waals surface area contributed by atoms with E-state index in [2.05, 4.69) is 0 Å². The van der Waals surface area contributed by atoms with E-state index in [0.29, 0.717) is 5.78 Å². The molecule has 0 aliphatic heterocycles. The lowest BCUT2D eigenvalue weighted by Gasteiger charge is -2.35. The molecule has 2 atom stereocenters. The molecule has 0 saturated carbocycles. The van der Waals surface area contributed by atoms with E-state index in [-0.39, 0.29) is 34.0 Å². The lowest BCUT2D eigenvalue weighted by Crippen LogP contribution is -2.32. The van der Waals surface area contributed by atoms with Gasteiger partial charge in [0.25, 0.3) is 0 Å². The van der Waals surface area contributed by atoms with Gasteiger partial charge in [-0.3, -0.25) is 37.1 Å². The highest BCUT2D eigenvalue weighted by Gasteiger charge is 2.45. The summed E-state index contributed by atoms with van der Waals surface area (Å²) in [4.78, 5) is 83.1. The summed E-state index contributed by atoms with van der Waals surface area (Å²) in [6.45, 7) is 86.7. The topological polar surface area (TPSA) is 291 Å². The van der Waals surface area contributed by atoms with E-state index >= 15 is 0 Å². The molecule has 0 aromatic heterocycles. The number of ketones is 1. The van der Waals surface area contributed by atoms with Crippen molar-refractivity contribution < 1.29 is 94.1 Å². The number of phosphoric acid groups is 1. The van der Waals surface area contributed by atoms with Crippen LogP contribution in [0.25, 0.3) is 0 Å². The molecule has 0 fully saturated rings. The number of phosphoric ester groups is 1. The Labute approximate surface area is 565 Å². The highest BCUT2D eigenvalue weighted by atomic mass is 31.2. The lowest BCUT2D eigenvalue weighted by molar-refractivity contribution is -0.165. The minimum atomic E-state index is -3.94. The van der Waals surface area contributed by atoms with Gasteiger partial charge in [-0.25, -0.2) is 9.36 Å². The van der Waals surface area contributed by atoms with Gasteiger partial charge in [-0.15, -0.1) is 0 Å². The van der Waals surface area contributed by atoms with Gasteiger partial charge in [0.15, 0.2) is 0 Å². The Bertz CT molecular complexity index is 2230. The first kappa shape index (κ1) is 106. The van der Waals surface area contributed by atoms with Crippen molar-refractivity contribution in [3.63, 3.8) is 0 Å². The summed E-state index contributed by atoms with van der Waals surface area (Å²) in [7, 11) is -14.0. The molecule has 0 saturated heterocycles. The van der Waals surface area contributed by atoms with Crippen LogP contribution in [-0.2, 0) is 69.7 Å². The summed E-state index contributed by atoms with van der Waals surface area (Å²) in [6.07, 6.45) is -0.616. The van der Waals surface area contributed by atoms with Gasteiger partial charge in [0, 0.05) is 21.1 Å². The summed E-state index contributed by atoms with van der Waals surface area (Å²) in [6, 6.07) is 0. The van der Waals surface area contributed by atoms with E-state index in [1.807, 2.05) is 125 Å². The average molecular weight is 1410 g/mol. The maximum atomic E-state index is 11.8. The Morgan fingerprint density at radius 2 is 0.413 bits per heavy atom. The van der Waals surface area contributed by atoms with Gasteiger partial charge in [-0.2, -0.15) is 0 Å². The van der Waals surface area contributed by atoms with Gasteiger partial charge in [-0.1, -0.05) is 83.1 Å². The normalized spacial score (nSPS) is 15.0. The molecule has 0 heterocycles. The number of Topliss-reactive ketones (excluding diaryl/α,β-unsaturated/α-hetero) is 1. The average Bonchev–Trinajstić information content (AvgIpc) is 3.09. The molecule has 92 heavy (non-hydrogen) atoms. The largest absolute Gasteiger partial charge is 0.509 e. The van der Waals surface area contributed by atoms with Crippen molar-refractivity contribution in [2.75, 3.05) is 0 Å². The number of hydrogen-bond acceptors (Lipinski definition) is 16. The maximum absolute atomic E-state index is 11.8. The van der Waals surface area contributed by atoms with Crippen LogP contribution in [0, 0.1) is 21.7 Å². The number of esters is 2. The van der Waals surface area contributed by atoms with Crippen LogP contribution in [0.5, 0.6) is 0 Å². The molecule has 0 bridgehead atoms. The smallest absolute Gasteiger partial charge is 0.460 e. The first-order valence-electron chi connectivity index (χ1n) is 31.4. The first-order valence-corrected chi connectivity index (χ1v) is 37.7. The molecule has 0 radical (unpaired) electrons. The van der Waals surface area contributed by atoms with Gasteiger partial charge in [0.1, 0.15) is 28.2 Å². The number of hydrogen-bond donors (Lipinski definition) is 4. The van der Waals surface area contributed by atoms with Crippen molar-refractivity contribution in [3.8, 4) is 0 Å². The van der Waals surface area contributed by atoms with Crippen LogP contribution >= 0.6 is 30.4 Å². The molecule has 24 heteroatoms. The molecular weight excluding hydrogens is 1260 g/mol. The second kappa shape index (κ2) is 36.5. The fourth-order valence-corrected chi connectivity index (χ4v) is 10.7. The van der Waals surface area contributed by atoms with Gasteiger partial charge in [0.05, 0.1) is 43.5 Å². The summed E-state index contributed by atoms with van der Waals surface area (Å²) >= 11 is 0. The summed E-state index contributed by atoms with van der Waals surface area (Å²) in [5.74, 6) is 0.0231. The zero-order valence-electron chi connectivity index (χ0n) is 68.1. The number of ether oxygens (including phenoxy) is 4. The molecule has 2 unspecified atom stereocenters. The zero-order chi connectivity index (χ0) is 78.0. The molecule has 0 aromatic carbocycles. The highest BCUT2D eigenvalue weighted by Crippen LogP contribution is 2.63. The van der Waals surface area contributed by atoms with Crippen LogP contribution in [0.3, 0.4) is 0 Å². The summed E-state index contributed by atoms with van der Waals surface area (Å²) in [5.41, 5.74) is -5.41. The Balaban J connectivity index is -0.000000146. The number of rotatable bonds is 4. The number of carbonyl (C=O) groups excluding carboxylic acids is 4. The fourth-order valence-electron chi connectivity index (χ4n) is 5.24. The van der Waals surface area contributed by atoms with Crippen molar-refractivity contribution >= 4 is 54.3 Å². The summed E-state index contributed by atoms with van der Waals surface area (Å²) < 4.78 is 86.6. The van der Waals surface area contributed by atoms with Crippen molar-refractivity contribution in [2.45, 2.75) is 398 Å². The van der Waals surface area contributed by atoms with Crippen LogP contribution in [0.15, 0.2) is 0 Å². The van der Waals surface area contributed by atoms with Gasteiger partial charge in [0.2, 0.25) is 7.37 Å². The third-order valence-electron chi connectivity index (χ3n) is 9.25. The van der Waals surface area contributed by atoms with E-state index in [9.17, 15) is 57.0 Å². The Kier molecular flexibility index (Phi) is 42.3. The van der Waals surface area contributed by atoms with Crippen LogP contribution in [0.2, 0.25) is 0 Å². The predicted octanol–water partition coefficient (Wildman–Crippen LogP) is 21.3.